The number of aromatic hydroxyl groups is 1. The van der Waals surface area contributed by atoms with E-state index in [2.05, 4.69) is 9.97 Å². The van der Waals surface area contributed by atoms with Gasteiger partial charge in [-0.2, -0.15) is 0 Å². The zero-order valence-corrected chi connectivity index (χ0v) is 14.4. The zero-order valence-electron chi connectivity index (χ0n) is 13.6. The first-order valence-corrected chi connectivity index (χ1v) is 8.44. The van der Waals surface area contributed by atoms with E-state index < -0.39 is 11.6 Å². The van der Waals surface area contributed by atoms with Crippen LogP contribution in [0.25, 0.3) is 11.6 Å². The Morgan fingerprint density at radius 1 is 1.42 bits per heavy atom. The van der Waals surface area contributed by atoms with Gasteiger partial charge in [0.1, 0.15) is 0 Å². The van der Waals surface area contributed by atoms with Crippen molar-refractivity contribution < 1.29 is 13.9 Å². The smallest absolute Gasteiger partial charge is 0.256 e. The number of phenolic OH excluding ortho intramolecular Hbond substituents is 1. The topological polar surface area (TPSA) is 82.4 Å². The number of nitrogens with zero attached hydrogens (tertiary/aromatic N) is 2. The second kappa shape index (κ2) is 6.59. The molecule has 26 heavy (non-hydrogen) atoms. The van der Waals surface area contributed by atoms with Gasteiger partial charge < -0.3 is 14.5 Å². The van der Waals surface area contributed by atoms with Crippen molar-refractivity contribution in [2.75, 3.05) is 6.54 Å². The van der Waals surface area contributed by atoms with Gasteiger partial charge in [0, 0.05) is 26.1 Å². The van der Waals surface area contributed by atoms with Crippen molar-refractivity contribution >= 4 is 11.6 Å². The molecule has 0 saturated carbocycles. The predicted molar refractivity (Wildman–Crippen MR) is 93.5 cm³/mol. The molecule has 0 amide bonds. The Kier molecular flexibility index (Phi) is 4.26. The lowest BCUT2D eigenvalue weighted by molar-refractivity contribution is 0.241. The standard InChI is InChI=1S/C18H15ClFN3O3/c19-12-6-10(7-13(20)16(12)24)8-23-4-3-14-11(9-23)18(25)22-17(21-14)15-2-1-5-26-15/h1-2,5-7,24H,3-4,8-9H2,(H,21,22,25). The average Bonchev–Trinajstić information content (AvgIpc) is 3.14. The minimum Gasteiger partial charge on any atom is -0.504 e. The molecule has 0 unspecified atom stereocenters. The lowest BCUT2D eigenvalue weighted by atomic mass is 10.1. The maximum atomic E-state index is 13.6. The van der Waals surface area contributed by atoms with Crippen LogP contribution in [-0.4, -0.2) is 26.5 Å². The summed E-state index contributed by atoms with van der Waals surface area (Å²) in [6, 6.07) is 6.25. The number of furan rings is 1. The molecule has 0 fully saturated rings. The summed E-state index contributed by atoms with van der Waals surface area (Å²) in [5.74, 6) is -0.376. The molecule has 4 rings (SSSR count). The van der Waals surface area contributed by atoms with Crippen LogP contribution in [0.2, 0.25) is 5.02 Å². The van der Waals surface area contributed by atoms with Gasteiger partial charge in [-0.3, -0.25) is 9.69 Å². The van der Waals surface area contributed by atoms with Crippen LogP contribution in [-0.2, 0) is 19.5 Å². The Bertz CT molecular complexity index is 994. The summed E-state index contributed by atoms with van der Waals surface area (Å²) >= 11 is 5.83. The van der Waals surface area contributed by atoms with Crippen molar-refractivity contribution in [1.82, 2.24) is 14.9 Å². The summed E-state index contributed by atoms with van der Waals surface area (Å²) in [5, 5.41) is 9.40. The third-order valence-corrected chi connectivity index (χ3v) is 4.67. The first kappa shape index (κ1) is 16.8. The number of fused-ring (bicyclic) bond motifs is 1. The Morgan fingerprint density at radius 3 is 3.00 bits per heavy atom. The highest BCUT2D eigenvalue weighted by atomic mass is 35.5. The fraction of sp³-hybridized carbons (Fsp3) is 0.222. The molecule has 1 aromatic carbocycles. The summed E-state index contributed by atoms with van der Waals surface area (Å²) in [5.41, 5.74) is 1.76. The van der Waals surface area contributed by atoms with Gasteiger partial charge in [0.15, 0.2) is 23.2 Å². The molecule has 0 bridgehead atoms. The van der Waals surface area contributed by atoms with Crippen LogP contribution in [0, 0.1) is 5.82 Å². The van der Waals surface area contributed by atoms with Crippen LogP contribution >= 0.6 is 11.6 Å². The molecule has 1 aliphatic heterocycles. The first-order valence-electron chi connectivity index (χ1n) is 8.06. The van der Waals surface area contributed by atoms with E-state index in [0.29, 0.717) is 48.8 Å². The summed E-state index contributed by atoms with van der Waals surface area (Å²) < 4.78 is 18.9. The fourth-order valence-corrected chi connectivity index (χ4v) is 3.34. The monoisotopic (exact) mass is 375 g/mol. The van der Waals surface area contributed by atoms with Gasteiger partial charge >= 0.3 is 0 Å². The molecule has 3 heterocycles. The molecule has 1 aliphatic rings. The van der Waals surface area contributed by atoms with E-state index in [-0.39, 0.29) is 10.6 Å². The van der Waals surface area contributed by atoms with Gasteiger partial charge in [0.25, 0.3) is 5.56 Å². The molecule has 134 valence electrons. The third-order valence-electron chi connectivity index (χ3n) is 4.39. The quantitative estimate of drug-likeness (QED) is 0.735. The van der Waals surface area contributed by atoms with E-state index in [0.717, 1.165) is 5.69 Å². The summed E-state index contributed by atoms with van der Waals surface area (Å²) in [6.45, 7) is 1.48. The lowest BCUT2D eigenvalue weighted by Crippen LogP contribution is -2.35. The van der Waals surface area contributed by atoms with Gasteiger partial charge in [-0.25, -0.2) is 9.37 Å². The SMILES string of the molecule is O=c1[nH]c(-c2ccco2)nc2c1CN(Cc1cc(F)c(O)c(Cl)c1)CC2. The highest BCUT2D eigenvalue weighted by molar-refractivity contribution is 6.32. The van der Waals surface area contributed by atoms with Crippen LogP contribution in [0.3, 0.4) is 0 Å². The minimum absolute atomic E-state index is 0.0278. The molecule has 0 saturated heterocycles. The highest BCUT2D eigenvalue weighted by Crippen LogP contribution is 2.29. The molecule has 0 spiro atoms. The molecule has 0 radical (unpaired) electrons. The molecular formula is C18H15ClFN3O3. The normalized spacial score (nSPS) is 14.4. The van der Waals surface area contributed by atoms with Gasteiger partial charge in [-0.1, -0.05) is 11.6 Å². The number of hydrogen-bond donors (Lipinski definition) is 2. The Hall–Kier alpha value is -2.64. The number of aromatic nitrogens is 2. The number of H-pyrrole nitrogens is 1. The van der Waals surface area contributed by atoms with Crippen molar-refractivity contribution in [2.24, 2.45) is 0 Å². The Morgan fingerprint density at radius 2 is 2.27 bits per heavy atom. The second-order valence-electron chi connectivity index (χ2n) is 6.19. The highest BCUT2D eigenvalue weighted by Gasteiger charge is 2.22. The lowest BCUT2D eigenvalue weighted by Gasteiger charge is -2.27. The number of nitrogens with one attached hydrogen (secondary N) is 1. The Balaban J connectivity index is 1.58. The number of benzene rings is 1. The van der Waals surface area contributed by atoms with Crippen LogP contribution in [0.4, 0.5) is 4.39 Å². The Labute approximate surface area is 152 Å². The molecule has 8 heteroatoms. The molecule has 3 aromatic rings. The minimum atomic E-state index is -0.757. The first-order chi connectivity index (χ1) is 12.5. The van der Waals surface area contributed by atoms with Gasteiger partial charge in [0.2, 0.25) is 0 Å². The van der Waals surface area contributed by atoms with Crippen molar-refractivity contribution in [1.29, 1.82) is 0 Å². The maximum Gasteiger partial charge on any atom is 0.256 e. The van der Waals surface area contributed by atoms with Gasteiger partial charge in [-0.15, -0.1) is 0 Å². The molecular weight excluding hydrogens is 361 g/mol. The average molecular weight is 376 g/mol. The maximum absolute atomic E-state index is 13.6. The van der Waals surface area contributed by atoms with Crippen molar-refractivity contribution in [3.05, 3.63) is 68.5 Å². The van der Waals surface area contributed by atoms with E-state index >= 15 is 0 Å². The van der Waals surface area contributed by atoms with Gasteiger partial charge in [-0.05, 0) is 29.8 Å². The zero-order chi connectivity index (χ0) is 18.3. The van der Waals surface area contributed by atoms with E-state index in [9.17, 15) is 14.3 Å². The van der Waals surface area contributed by atoms with Crippen molar-refractivity contribution in [3.8, 4) is 17.3 Å². The number of rotatable bonds is 3. The van der Waals surface area contributed by atoms with Crippen molar-refractivity contribution in [3.63, 3.8) is 0 Å². The summed E-state index contributed by atoms with van der Waals surface area (Å²) in [7, 11) is 0. The summed E-state index contributed by atoms with van der Waals surface area (Å²) in [6.07, 6.45) is 2.12. The predicted octanol–water partition coefficient (Wildman–Crippen LogP) is 3.09. The van der Waals surface area contributed by atoms with Crippen LogP contribution < -0.4 is 5.56 Å². The van der Waals surface area contributed by atoms with E-state index in [1.54, 1.807) is 12.1 Å². The van der Waals surface area contributed by atoms with E-state index in [4.69, 9.17) is 16.0 Å². The van der Waals surface area contributed by atoms with Crippen LogP contribution in [0.5, 0.6) is 5.75 Å². The van der Waals surface area contributed by atoms with E-state index in [1.165, 1.54) is 18.4 Å². The second-order valence-corrected chi connectivity index (χ2v) is 6.59. The molecule has 2 aromatic heterocycles. The van der Waals surface area contributed by atoms with Gasteiger partial charge in [0.05, 0.1) is 22.5 Å². The van der Waals surface area contributed by atoms with E-state index in [1.807, 2.05) is 4.90 Å². The van der Waals surface area contributed by atoms with Crippen LogP contribution in [0.1, 0.15) is 16.8 Å². The van der Waals surface area contributed by atoms with Crippen LogP contribution in [0.15, 0.2) is 39.7 Å². The third kappa shape index (κ3) is 3.11. The number of phenols is 1. The number of halogens is 2. The molecule has 0 atom stereocenters. The molecule has 2 N–H and O–H groups in total. The largest absolute Gasteiger partial charge is 0.504 e. The molecule has 6 nitrogen and oxygen atoms in total. The van der Waals surface area contributed by atoms with Crippen molar-refractivity contribution in [2.45, 2.75) is 19.5 Å². The molecule has 0 aliphatic carbocycles. The summed E-state index contributed by atoms with van der Waals surface area (Å²) in [4.78, 5) is 21.7. The number of aromatic amines is 1. The number of hydrogen-bond acceptors (Lipinski definition) is 5. The fourth-order valence-electron chi connectivity index (χ4n) is 3.11.